The largest absolute Gasteiger partial charge is 0.463 e. The predicted molar refractivity (Wildman–Crippen MR) is 104 cm³/mol. The van der Waals surface area contributed by atoms with Gasteiger partial charge in [-0.05, 0) is 35.5 Å². The average molecular weight is 373 g/mol. The minimum absolute atomic E-state index is 0.147. The standard InChI is InChI=1S/C21H40O5/c1-15(11-20(3,4)5)9-18(23)25-13-17(22)14-26-19(24)10-16(2)12-21(6,7)8/h15-17,22H,9-14H2,1-8H3/t15-,16+,17?. The summed E-state index contributed by atoms with van der Waals surface area (Å²) in [5.74, 6) is -0.208. The Bertz CT molecular complexity index is 391. The number of rotatable bonds is 10. The number of ether oxygens (including phenoxy) is 2. The molecule has 0 rings (SSSR count). The summed E-state index contributed by atoms with van der Waals surface area (Å²) in [6.45, 7) is 16.5. The van der Waals surface area contributed by atoms with E-state index in [0.29, 0.717) is 12.8 Å². The minimum atomic E-state index is -0.987. The van der Waals surface area contributed by atoms with Crippen LogP contribution in [-0.2, 0) is 19.1 Å². The van der Waals surface area contributed by atoms with Gasteiger partial charge in [-0.15, -0.1) is 0 Å². The van der Waals surface area contributed by atoms with Gasteiger partial charge in [-0.2, -0.15) is 0 Å². The zero-order valence-corrected chi connectivity index (χ0v) is 18.1. The molecule has 0 saturated carbocycles. The molecule has 0 aromatic rings. The van der Waals surface area contributed by atoms with E-state index in [1.54, 1.807) is 0 Å². The van der Waals surface area contributed by atoms with Gasteiger partial charge in [0, 0.05) is 12.8 Å². The third kappa shape index (κ3) is 15.2. The summed E-state index contributed by atoms with van der Waals surface area (Å²) in [5.41, 5.74) is 0.328. The van der Waals surface area contributed by atoms with Crippen LogP contribution in [0, 0.1) is 22.7 Å². The van der Waals surface area contributed by atoms with Crippen molar-refractivity contribution in [1.29, 1.82) is 0 Å². The highest BCUT2D eigenvalue weighted by Crippen LogP contribution is 2.27. The Morgan fingerprint density at radius 3 is 1.35 bits per heavy atom. The van der Waals surface area contributed by atoms with Crippen LogP contribution < -0.4 is 0 Å². The van der Waals surface area contributed by atoms with Crippen molar-refractivity contribution in [1.82, 2.24) is 0 Å². The maximum Gasteiger partial charge on any atom is 0.306 e. The normalized spacial score (nSPS) is 15.9. The predicted octanol–water partition coefficient (Wildman–Crippen LogP) is 4.36. The van der Waals surface area contributed by atoms with E-state index in [2.05, 4.69) is 41.5 Å². The quantitative estimate of drug-likeness (QED) is 0.577. The maximum absolute atomic E-state index is 11.8. The molecule has 0 saturated heterocycles. The average Bonchev–Trinajstić information content (AvgIpc) is 2.38. The van der Waals surface area contributed by atoms with E-state index in [4.69, 9.17) is 9.47 Å². The van der Waals surface area contributed by atoms with E-state index >= 15 is 0 Å². The zero-order valence-electron chi connectivity index (χ0n) is 18.1. The highest BCUT2D eigenvalue weighted by atomic mass is 16.6. The fourth-order valence-corrected chi connectivity index (χ4v) is 3.35. The lowest BCUT2D eigenvalue weighted by Crippen LogP contribution is -2.26. The highest BCUT2D eigenvalue weighted by Gasteiger charge is 2.21. The van der Waals surface area contributed by atoms with Gasteiger partial charge >= 0.3 is 11.9 Å². The van der Waals surface area contributed by atoms with Crippen LogP contribution in [0.5, 0.6) is 0 Å². The van der Waals surface area contributed by atoms with Crippen LogP contribution in [0.15, 0.2) is 0 Å². The first-order valence-electron chi connectivity index (χ1n) is 9.67. The number of hydrogen-bond donors (Lipinski definition) is 1. The lowest BCUT2D eigenvalue weighted by molar-refractivity contribution is -0.153. The fourth-order valence-electron chi connectivity index (χ4n) is 3.35. The second kappa shape index (κ2) is 10.9. The zero-order chi connectivity index (χ0) is 20.5. The maximum atomic E-state index is 11.8. The van der Waals surface area contributed by atoms with Crippen LogP contribution in [0.25, 0.3) is 0 Å². The van der Waals surface area contributed by atoms with Gasteiger partial charge in [0.2, 0.25) is 0 Å². The number of hydrogen-bond acceptors (Lipinski definition) is 5. The lowest BCUT2D eigenvalue weighted by atomic mass is 9.84. The molecule has 26 heavy (non-hydrogen) atoms. The Balaban J connectivity index is 3.99. The molecule has 0 aliphatic heterocycles. The van der Waals surface area contributed by atoms with Gasteiger partial charge in [0.15, 0.2) is 0 Å². The SMILES string of the molecule is C[C@H](CC(=O)OCC(O)COC(=O)C[C@H](C)CC(C)(C)C)CC(C)(C)C. The van der Waals surface area contributed by atoms with Crippen molar-refractivity contribution in [2.75, 3.05) is 13.2 Å². The number of carbonyl (C=O) groups excluding carboxylic acids is 2. The van der Waals surface area contributed by atoms with Crippen molar-refractivity contribution in [3.63, 3.8) is 0 Å². The second-order valence-corrected chi connectivity index (χ2v) is 10.2. The third-order valence-corrected chi connectivity index (χ3v) is 3.83. The first kappa shape index (κ1) is 24.9. The van der Waals surface area contributed by atoms with Gasteiger partial charge in [-0.25, -0.2) is 0 Å². The Hall–Kier alpha value is -1.10. The molecule has 0 spiro atoms. The molecule has 5 heteroatoms. The van der Waals surface area contributed by atoms with E-state index < -0.39 is 6.10 Å². The van der Waals surface area contributed by atoms with Crippen molar-refractivity contribution in [2.45, 2.75) is 87.2 Å². The molecule has 0 amide bonds. The van der Waals surface area contributed by atoms with Crippen molar-refractivity contribution >= 4 is 11.9 Å². The molecule has 0 radical (unpaired) electrons. The van der Waals surface area contributed by atoms with E-state index in [0.717, 1.165) is 12.8 Å². The van der Waals surface area contributed by atoms with Gasteiger partial charge in [0.05, 0.1) is 0 Å². The molecule has 1 unspecified atom stereocenters. The molecule has 0 heterocycles. The lowest BCUT2D eigenvalue weighted by Gasteiger charge is -2.23. The molecule has 3 atom stereocenters. The molecule has 0 fully saturated rings. The number of carbonyl (C=O) groups is 2. The van der Waals surface area contributed by atoms with Crippen molar-refractivity contribution in [3.8, 4) is 0 Å². The van der Waals surface area contributed by atoms with Crippen LogP contribution in [-0.4, -0.2) is 36.4 Å². The van der Waals surface area contributed by atoms with Crippen molar-refractivity contribution < 1.29 is 24.2 Å². The summed E-state index contributed by atoms with van der Waals surface area (Å²) in [7, 11) is 0. The Kier molecular flexibility index (Phi) is 10.4. The number of aliphatic hydroxyl groups excluding tert-OH is 1. The van der Waals surface area contributed by atoms with Crippen LogP contribution in [0.2, 0.25) is 0 Å². The summed E-state index contributed by atoms with van der Waals surface area (Å²) in [6, 6.07) is 0. The van der Waals surface area contributed by atoms with Crippen LogP contribution in [0.1, 0.15) is 81.1 Å². The molecule has 0 aliphatic carbocycles. The first-order chi connectivity index (χ1) is 11.7. The summed E-state index contributed by atoms with van der Waals surface area (Å²) < 4.78 is 10.2. The van der Waals surface area contributed by atoms with Crippen molar-refractivity contribution in [2.24, 2.45) is 22.7 Å². The Labute approximate surface area is 159 Å². The third-order valence-electron chi connectivity index (χ3n) is 3.83. The topological polar surface area (TPSA) is 72.8 Å². The molecule has 1 N–H and O–H groups in total. The van der Waals surface area contributed by atoms with Gasteiger partial charge in [-0.3, -0.25) is 9.59 Å². The van der Waals surface area contributed by atoms with Gasteiger partial charge in [0.25, 0.3) is 0 Å². The van der Waals surface area contributed by atoms with Crippen LogP contribution >= 0.6 is 0 Å². The van der Waals surface area contributed by atoms with E-state index in [1.807, 2.05) is 13.8 Å². The summed E-state index contributed by atoms with van der Waals surface area (Å²) >= 11 is 0. The van der Waals surface area contributed by atoms with Crippen LogP contribution in [0.4, 0.5) is 0 Å². The number of aliphatic hydroxyl groups is 1. The minimum Gasteiger partial charge on any atom is -0.463 e. The van der Waals surface area contributed by atoms with Gasteiger partial charge in [-0.1, -0.05) is 55.4 Å². The molecule has 0 aromatic carbocycles. The fraction of sp³-hybridized carbons (Fsp3) is 0.905. The highest BCUT2D eigenvalue weighted by molar-refractivity contribution is 5.70. The monoisotopic (exact) mass is 372 g/mol. The Morgan fingerprint density at radius 2 is 1.08 bits per heavy atom. The molecule has 0 bridgehead atoms. The summed E-state index contributed by atoms with van der Waals surface area (Å²) in [4.78, 5) is 23.6. The first-order valence-corrected chi connectivity index (χ1v) is 9.67. The Morgan fingerprint density at radius 1 is 0.769 bits per heavy atom. The summed E-state index contributed by atoms with van der Waals surface area (Å²) in [5, 5.41) is 9.83. The van der Waals surface area contributed by atoms with E-state index in [1.165, 1.54) is 0 Å². The number of esters is 2. The summed E-state index contributed by atoms with van der Waals surface area (Å²) in [6.07, 6.45) is 1.52. The van der Waals surface area contributed by atoms with Crippen molar-refractivity contribution in [3.05, 3.63) is 0 Å². The van der Waals surface area contributed by atoms with Gasteiger partial charge < -0.3 is 14.6 Å². The van der Waals surface area contributed by atoms with E-state index in [9.17, 15) is 14.7 Å². The smallest absolute Gasteiger partial charge is 0.306 e. The second-order valence-electron chi connectivity index (χ2n) is 10.2. The van der Waals surface area contributed by atoms with Gasteiger partial charge in [0.1, 0.15) is 19.3 Å². The van der Waals surface area contributed by atoms with Crippen LogP contribution in [0.3, 0.4) is 0 Å². The molecule has 0 aliphatic rings. The molecule has 5 nitrogen and oxygen atoms in total. The van der Waals surface area contributed by atoms with E-state index in [-0.39, 0.29) is 47.8 Å². The molecular formula is C21H40O5. The molecule has 154 valence electrons. The molecule has 0 aromatic heterocycles. The molecular weight excluding hydrogens is 332 g/mol.